The lowest BCUT2D eigenvalue weighted by Gasteiger charge is -2.12. The van der Waals surface area contributed by atoms with Gasteiger partial charge in [0.15, 0.2) is 0 Å². The molecule has 0 radical (unpaired) electrons. The van der Waals surface area contributed by atoms with Crippen molar-refractivity contribution in [1.82, 2.24) is 19.8 Å². The van der Waals surface area contributed by atoms with Crippen molar-refractivity contribution in [3.63, 3.8) is 0 Å². The number of benzene rings is 2. The third-order valence-electron chi connectivity index (χ3n) is 5.74. The van der Waals surface area contributed by atoms with Crippen LogP contribution in [-0.2, 0) is 11.0 Å². The van der Waals surface area contributed by atoms with Crippen molar-refractivity contribution in [1.29, 1.82) is 0 Å². The number of nitrogens with one attached hydrogen (secondary N) is 3. The van der Waals surface area contributed by atoms with E-state index in [2.05, 4.69) is 20.2 Å². The Labute approximate surface area is 183 Å². The predicted molar refractivity (Wildman–Crippen MR) is 123 cm³/mol. The number of imidazole rings is 1. The van der Waals surface area contributed by atoms with Crippen molar-refractivity contribution in [3.8, 4) is 11.1 Å². The lowest BCUT2D eigenvalue weighted by atomic mass is 10.0. The Morgan fingerprint density at radius 3 is 2.61 bits per heavy atom. The lowest BCUT2D eigenvalue weighted by molar-refractivity contribution is 0.393. The monoisotopic (exact) mass is 435 g/mol. The molecular weight excluding hydrogens is 410 g/mol. The number of hydrogen-bond acceptors (Lipinski definition) is 5. The van der Waals surface area contributed by atoms with Gasteiger partial charge < -0.3 is 14.8 Å². The number of para-hydroxylation sites is 1. The maximum atomic E-state index is 13.4. The summed E-state index contributed by atoms with van der Waals surface area (Å²) in [5, 5.41) is 7.38. The zero-order chi connectivity index (χ0) is 21.4. The first-order chi connectivity index (χ1) is 15.1. The van der Waals surface area contributed by atoms with E-state index in [1.54, 1.807) is 0 Å². The number of aromatic nitrogens is 3. The maximum absolute atomic E-state index is 13.4. The Hall–Kier alpha value is -2.97. The second kappa shape index (κ2) is 8.28. The highest BCUT2D eigenvalue weighted by Crippen LogP contribution is 2.33. The van der Waals surface area contributed by atoms with Crippen LogP contribution in [-0.4, -0.2) is 25.4 Å². The molecule has 31 heavy (non-hydrogen) atoms. The smallest absolute Gasteiger partial charge is 0.205 e. The molecule has 1 saturated carbocycles. The van der Waals surface area contributed by atoms with Crippen LogP contribution in [0.3, 0.4) is 0 Å². The van der Waals surface area contributed by atoms with Gasteiger partial charge >= 0.3 is 0 Å². The Balaban J connectivity index is 1.59. The molecule has 0 spiro atoms. The summed E-state index contributed by atoms with van der Waals surface area (Å²) in [6.45, 7) is 3.81. The number of nitrogens with zero attached hydrogens (tertiary/aromatic N) is 2. The van der Waals surface area contributed by atoms with Crippen molar-refractivity contribution in [2.75, 3.05) is 5.32 Å². The number of hydrogen-bond donors (Lipinski definition) is 3. The van der Waals surface area contributed by atoms with Crippen LogP contribution in [0.4, 0.5) is 11.6 Å². The Bertz CT molecular complexity index is 1220. The SMILES string of the molecule is Cc1noc(C)c1-c1cc(S(=O)NC2CCCC2)c2nc(Nc3ccccc3)[nH]c2c1. The van der Waals surface area contributed by atoms with Gasteiger partial charge in [-0.25, -0.2) is 13.9 Å². The number of H-pyrrole nitrogens is 1. The van der Waals surface area contributed by atoms with Gasteiger partial charge in [0, 0.05) is 17.3 Å². The first kappa shape index (κ1) is 20.0. The fourth-order valence-electron chi connectivity index (χ4n) is 4.24. The molecule has 0 bridgehead atoms. The molecule has 1 fully saturated rings. The van der Waals surface area contributed by atoms with Crippen molar-refractivity contribution < 1.29 is 8.73 Å². The topological polar surface area (TPSA) is 95.8 Å². The highest BCUT2D eigenvalue weighted by Gasteiger charge is 2.22. The van der Waals surface area contributed by atoms with Gasteiger partial charge in [0.05, 0.1) is 16.1 Å². The van der Waals surface area contributed by atoms with Gasteiger partial charge in [0.25, 0.3) is 0 Å². The number of anilines is 2. The molecule has 1 aliphatic rings. The van der Waals surface area contributed by atoms with E-state index in [1.807, 2.05) is 56.3 Å². The van der Waals surface area contributed by atoms with Crippen LogP contribution in [0.25, 0.3) is 22.2 Å². The summed E-state index contributed by atoms with van der Waals surface area (Å²) in [6, 6.07) is 14.1. The Morgan fingerprint density at radius 1 is 1.13 bits per heavy atom. The first-order valence-electron chi connectivity index (χ1n) is 10.6. The van der Waals surface area contributed by atoms with Gasteiger partial charge in [0.2, 0.25) is 5.95 Å². The second-order valence-corrected chi connectivity index (χ2v) is 9.23. The quantitative estimate of drug-likeness (QED) is 0.390. The second-order valence-electron chi connectivity index (χ2n) is 8.01. The third-order valence-corrected chi connectivity index (χ3v) is 7.00. The molecule has 0 aliphatic heterocycles. The minimum absolute atomic E-state index is 0.277. The van der Waals surface area contributed by atoms with Gasteiger partial charge in [-0.2, -0.15) is 0 Å². The van der Waals surface area contributed by atoms with Crippen LogP contribution in [0, 0.1) is 13.8 Å². The zero-order valence-electron chi connectivity index (χ0n) is 17.6. The van der Waals surface area contributed by atoms with Crippen LogP contribution in [0.1, 0.15) is 37.1 Å². The fraction of sp³-hybridized carbons (Fsp3) is 0.304. The van der Waals surface area contributed by atoms with E-state index in [0.29, 0.717) is 16.4 Å². The molecule has 1 aliphatic carbocycles. The summed E-state index contributed by atoms with van der Waals surface area (Å²) in [5.41, 5.74) is 5.08. The standard InChI is InChI=1S/C23H25N5O2S/c1-14-21(15(2)30-27-14)16-12-19-22(20(13-16)31(29)28-18-10-6-7-11-18)26-23(25-19)24-17-8-4-3-5-9-17/h3-5,8-9,12-13,18,28H,6-7,10-11H2,1-2H3,(H2,24,25,26). The van der Waals surface area contributed by atoms with Crippen molar-refractivity contribution >= 4 is 33.7 Å². The average molecular weight is 436 g/mol. The summed E-state index contributed by atoms with van der Waals surface area (Å²) >= 11 is 0. The summed E-state index contributed by atoms with van der Waals surface area (Å²) in [4.78, 5) is 8.73. The molecule has 7 nitrogen and oxygen atoms in total. The van der Waals surface area contributed by atoms with Crippen molar-refractivity contribution in [2.24, 2.45) is 0 Å². The molecule has 8 heteroatoms. The number of aryl methyl sites for hydroxylation is 2. The normalized spacial score (nSPS) is 15.5. The van der Waals surface area contributed by atoms with Gasteiger partial charge in [-0.15, -0.1) is 0 Å². The molecule has 2 heterocycles. The number of aromatic amines is 1. The summed E-state index contributed by atoms with van der Waals surface area (Å²) in [6.07, 6.45) is 4.47. The van der Waals surface area contributed by atoms with Gasteiger partial charge in [-0.1, -0.05) is 36.2 Å². The summed E-state index contributed by atoms with van der Waals surface area (Å²) < 4.78 is 22.0. The van der Waals surface area contributed by atoms with Gasteiger partial charge in [0.1, 0.15) is 22.3 Å². The number of fused-ring (bicyclic) bond motifs is 1. The first-order valence-corrected chi connectivity index (χ1v) is 11.7. The van der Waals surface area contributed by atoms with E-state index in [9.17, 15) is 4.21 Å². The Kier molecular flexibility index (Phi) is 5.33. The molecule has 160 valence electrons. The molecule has 0 saturated heterocycles. The van der Waals surface area contributed by atoms with Crippen LogP contribution < -0.4 is 10.0 Å². The molecule has 2 aromatic heterocycles. The van der Waals surface area contributed by atoms with Gasteiger partial charge in [-0.05, 0) is 56.5 Å². The Morgan fingerprint density at radius 2 is 1.90 bits per heavy atom. The molecule has 0 amide bonds. The summed E-state index contributed by atoms with van der Waals surface area (Å²) in [7, 11) is -1.38. The largest absolute Gasteiger partial charge is 0.361 e. The molecule has 2 aromatic carbocycles. The summed E-state index contributed by atoms with van der Waals surface area (Å²) in [5.74, 6) is 1.34. The van der Waals surface area contributed by atoms with Crippen LogP contribution >= 0.6 is 0 Å². The van der Waals surface area contributed by atoms with E-state index in [1.165, 1.54) is 12.8 Å². The molecular formula is C23H25N5O2S. The molecule has 1 unspecified atom stereocenters. The van der Waals surface area contributed by atoms with Crippen LogP contribution in [0.15, 0.2) is 51.9 Å². The van der Waals surface area contributed by atoms with E-state index < -0.39 is 11.0 Å². The molecule has 1 atom stereocenters. The van der Waals surface area contributed by atoms with E-state index >= 15 is 0 Å². The maximum Gasteiger partial charge on any atom is 0.205 e. The average Bonchev–Trinajstić information content (AvgIpc) is 3.48. The van der Waals surface area contributed by atoms with E-state index in [0.717, 1.165) is 46.6 Å². The van der Waals surface area contributed by atoms with Crippen molar-refractivity contribution in [3.05, 3.63) is 53.9 Å². The third kappa shape index (κ3) is 4.00. The van der Waals surface area contributed by atoms with Crippen molar-refractivity contribution in [2.45, 2.75) is 50.5 Å². The number of rotatable bonds is 6. The minimum Gasteiger partial charge on any atom is -0.361 e. The van der Waals surface area contributed by atoms with Crippen LogP contribution in [0.5, 0.6) is 0 Å². The van der Waals surface area contributed by atoms with E-state index in [-0.39, 0.29) is 6.04 Å². The van der Waals surface area contributed by atoms with E-state index in [4.69, 9.17) is 9.51 Å². The zero-order valence-corrected chi connectivity index (χ0v) is 18.4. The highest BCUT2D eigenvalue weighted by atomic mass is 32.2. The van der Waals surface area contributed by atoms with Crippen LogP contribution in [0.2, 0.25) is 0 Å². The lowest BCUT2D eigenvalue weighted by Crippen LogP contribution is -2.28. The fourth-order valence-corrected chi connectivity index (χ4v) is 5.47. The molecule has 4 aromatic rings. The minimum atomic E-state index is -1.38. The van der Waals surface area contributed by atoms with Gasteiger partial charge in [-0.3, -0.25) is 0 Å². The predicted octanol–water partition coefficient (Wildman–Crippen LogP) is 5.13. The molecule has 3 N–H and O–H groups in total. The highest BCUT2D eigenvalue weighted by molar-refractivity contribution is 7.83. The molecule has 5 rings (SSSR count).